The van der Waals surface area contributed by atoms with Crippen LogP contribution in [0.5, 0.6) is 0 Å². The number of rotatable bonds is 2. The van der Waals surface area contributed by atoms with Gasteiger partial charge in [-0.2, -0.15) is 0 Å². The lowest BCUT2D eigenvalue weighted by atomic mass is 10.2. The van der Waals surface area contributed by atoms with Crippen LogP contribution < -0.4 is 0 Å². The van der Waals surface area contributed by atoms with Gasteiger partial charge in [0.05, 0.1) is 17.1 Å². The van der Waals surface area contributed by atoms with E-state index < -0.39 is 5.97 Å². The number of esters is 1. The first kappa shape index (κ1) is 12.3. The molecule has 0 unspecified atom stereocenters. The van der Waals surface area contributed by atoms with E-state index in [0.717, 1.165) is 4.47 Å². The number of aromatic nitrogens is 2. The van der Waals surface area contributed by atoms with Gasteiger partial charge in [0.15, 0.2) is 5.69 Å². The molecule has 6 heteroatoms. The molecule has 2 aromatic rings. The predicted octanol–water partition coefficient (Wildman–Crippen LogP) is 3.22. The van der Waals surface area contributed by atoms with Crippen molar-refractivity contribution in [1.82, 2.24) is 10.2 Å². The van der Waals surface area contributed by atoms with Gasteiger partial charge in [-0.05, 0) is 25.1 Å². The van der Waals surface area contributed by atoms with E-state index in [1.165, 1.54) is 0 Å². The van der Waals surface area contributed by atoms with Gasteiger partial charge < -0.3 is 4.74 Å². The number of hydrogen-bond donors (Lipinski definition) is 0. The van der Waals surface area contributed by atoms with Gasteiger partial charge >= 0.3 is 5.97 Å². The molecule has 0 aliphatic rings. The molecule has 2 rings (SSSR count). The number of carbonyl (C=O) groups is 1. The van der Waals surface area contributed by atoms with Crippen LogP contribution in [0.25, 0.3) is 10.9 Å². The van der Waals surface area contributed by atoms with E-state index in [-0.39, 0.29) is 17.3 Å². The summed E-state index contributed by atoms with van der Waals surface area (Å²) in [5.74, 6) is -0.563. The van der Waals surface area contributed by atoms with Gasteiger partial charge in [0.25, 0.3) is 0 Å². The molecule has 0 spiro atoms. The summed E-state index contributed by atoms with van der Waals surface area (Å²) >= 11 is 9.46. The second kappa shape index (κ2) is 4.98. The maximum atomic E-state index is 11.6. The molecule has 0 saturated carbocycles. The SMILES string of the molecule is CCOC(=O)c1nnc2ccc(Br)cc2c1Cl. The third kappa shape index (κ3) is 2.40. The highest BCUT2D eigenvalue weighted by atomic mass is 79.9. The molecule has 0 amide bonds. The summed E-state index contributed by atoms with van der Waals surface area (Å²) in [6, 6.07) is 5.39. The zero-order valence-corrected chi connectivity index (χ0v) is 11.2. The monoisotopic (exact) mass is 314 g/mol. The first-order chi connectivity index (χ1) is 8.13. The van der Waals surface area contributed by atoms with Crippen LogP contribution in [0.3, 0.4) is 0 Å². The Bertz CT molecular complexity index is 589. The molecule has 0 aliphatic heterocycles. The maximum absolute atomic E-state index is 11.6. The summed E-state index contributed by atoms with van der Waals surface area (Å²) < 4.78 is 5.71. The van der Waals surface area contributed by atoms with Crippen molar-refractivity contribution < 1.29 is 9.53 Å². The van der Waals surface area contributed by atoms with E-state index in [1.807, 2.05) is 6.07 Å². The summed E-state index contributed by atoms with van der Waals surface area (Å²) in [5.41, 5.74) is 0.672. The van der Waals surface area contributed by atoms with Crippen LogP contribution in [0.4, 0.5) is 0 Å². The van der Waals surface area contributed by atoms with Crippen molar-refractivity contribution in [1.29, 1.82) is 0 Å². The van der Waals surface area contributed by atoms with Crippen molar-refractivity contribution in [2.75, 3.05) is 6.61 Å². The zero-order valence-electron chi connectivity index (χ0n) is 8.91. The first-order valence-corrected chi connectivity index (χ1v) is 6.09. The topological polar surface area (TPSA) is 52.1 Å². The normalized spacial score (nSPS) is 10.5. The van der Waals surface area contributed by atoms with Crippen molar-refractivity contribution >= 4 is 44.4 Å². The van der Waals surface area contributed by atoms with Crippen LogP contribution in [0, 0.1) is 0 Å². The second-order valence-electron chi connectivity index (χ2n) is 3.24. The van der Waals surface area contributed by atoms with Crippen molar-refractivity contribution in [3.05, 3.63) is 33.4 Å². The minimum Gasteiger partial charge on any atom is -0.461 e. The lowest BCUT2D eigenvalue weighted by Gasteiger charge is -2.05. The second-order valence-corrected chi connectivity index (χ2v) is 4.54. The highest BCUT2D eigenvalue weighted by molar-refractivity contribution is 9.10. The highest BCUT2D eigenvalue weighted by Gasteiger charge is 2.17. The molecule has 0 saturated heterocycles. The largest absolute Gasteiger partial charge is 0.461 e. The van der Waals surface area contributed by atoms with E-state index in [1.54, 1.807) is 19.1 Å². The maximum Gasteiger partial charge on any atom is 0.360 e. The number of halogens is 2. The van der Waals surface area contributed by atoms with Gasteiger partial charge in [-0.3, -0.25) is 0 Å². The molecule has 0 aliphatic carbocycles. The summed E-state index contributed by atoms with van der Waals surface area (Å²) in [6.45, 7) is 1.99. The third-order valence-electron chi connectivity index (χ3n) is 2.13. The van der Waals surface area contributed by atoms with E-state index in [2.05, 4.69) is 26.1 Å². The fourth-order valence-electron chi connectivity index (χ4n) is 1.38. The fraction of sp³-hybridized carbons (Fsp3) is 0.182. The van der Waals surface area contributed by atoms with E-state index in [4.69, 9.17) is 16.3 Å². The first-order valence-electron chi connectivity index (χ1n) is 4.92. The molecule has 17 heavy (non-hydrogen) atoms. The number of hydrogen-bond acceptors (Lipinski definition) is 4. The van der Waals surface area contributed by atoms with Gasteiger partial charge in [-0.15, -0.1) is 10.2 Å². The molecule has 0 atom stereocenters. The number of benzene rings is 1. The molecule has 1 aromatic carbocycles. The quantitative estimate of drug-likeness (QED) is 0.798. The highest BCUT2D eigenvalue weighted by Crippen LogP contribution is 2.27. The van der Waals surface area contributed by atoms with Crippen molar-refractivity contribution in [3.63, 3.8) is 0 Å². The Balaban J connectivity index is 2.60. The van der Waals surface area contributed by atoms with E-state index >= 15 is 0 Å². The van der Waals surface area contributed by atoms with Gasteiger partial charge in [-0.1, -0.05) is 27.5 Å². The Morgan fingerprint density at radius 2 is 2.24 bits per heavy atom. The Hall–Kier alpha value is -1.20. The summed E-state index contributed by atoms with van der Waals surface area (Å²) in [6.07, 6.45) is 0. The molecular formula is C11H8BrClN2O2. The summed E-state index contributed by atoms with van der Waals surface area (Å²) in [4.78, 5) is 11.6. The molecule has 0 radical (unpaired) electrons. The lowest BCUT2D eigenvalue weighted by Crippen LogP contribution is -2.09. The Morgan fingerprint density at radius 1 is 1.47 bits per heavy atom. The Kier molecular flexibility index (Phi) is 3.59. The van der Waals surface area contributed by atoms with Crippen molar-refractivity contribution in [3.8, 4) is 0 Å². The molecule has 1 aromatic heterocycles. The van der Waals surface area contributed by atoms with Crippen LogP contribution in [-0.2, 0) is 4.74 Å². The molecule has 0 fully saturated rings. The van der Waals surface area contributed by atoms with Crippen LogP contribution in [0.1, 0.15) is 17.4 Å². The van der Waals surface area contributed by atoms with E-state index in [9.17, 15) is 4.79 Å². The van der Waals surface area contributed by atoms with Crippen molar-refractivity contribution in [2.45, 2.75) is 6.92 Å². The molecule has 4 nitrogen and oxygen atoms in total. The Morgan fingerprint density at radius 3 is 2.94 bits per heavy atom. The van der Waals surface area contributed by atoms with Crippen LogP contribution in [0.2, 0.25) is 5.02 Å². The minimum absolute atomic E-state index is 0.0408. The van der Waals surface area contributed by atoms with Gasteiger partial charge in [0, 0.05) is 9.86 Å². The smallest absolute Gasteiger partial charge is 0.360 e. The standard InChI is InChI=1S/C11H8BrClN2O2/c1-2-17-11(16)10-9(13)7-5-6(12)3-4-8(7)14-15-10/h3-5H,2H2,1H3. The van der Waals surface area contributed by atoms with Crippen LogP contribution in [-0.4, -0.2) is 22.8 Å². The molecule has 1 heterocycles. The van der Waals surface area contributed by atoms with Gasteiger partial charge in [0.2, 0.25) is 0 Å². The van der Waals surface area contributed by atoms with Crippen molar-refractivity contribution in [2.24, 2.45) is 0 Å². The summed E-state index contributed by atoms with van der Waals surface area (Å²) in [7, 11) is 0. The zero-order chi connectivity index (χ0) is 12.4. The summed E-state index contributed by atoms with van der Waals surface area (Å²) in [5, 5.41) is 8.64. The number of ether oxygens (including phenoxy) is 1. The lowest BCUT2D eigenvalue weighted by molar-refractivity contribution is 0.0518. The van der Waals surface area contributed by atoms with Crippen LogP contribution in [0.15, 0.2) is 22.7 Å². The molecular weight excluding hydrogens is 307 g/mol. The number of carbonyl (C=O) groups excluding carboxylic acids is 1. The average Bonchev–Trinajstić information content (AvgIpc) is 2.30. The number of nitrogens with zero attached hydrogens (tertiary/aromatic N) is 2. The average molecular weight is 316 g/mol. The van der Waals surface area contributed by atoms with E-state index in [0.29, 0.717) is 10.9 Å². The Labute approximate surface area is 111 Å². The molecule has 0 bridgehead atoms. The minimum atomic E-state index is -0.563. The van der Waals surface area contributed by atoms with Gasteiger partial charge in [-0.25, -0.2) is 4.79 Å². The van der Waals surface area contributed by atoms with Crippen LogP contribution >= 0.6 is 27.5 Å². The number of fused-ring (bicyclic) bond motifs is 1. The molecule has 88 valence electrons. The third-order valence-corrected chi connectivity index (χ3v) is 3.01. The predicted molar refractivity (Wildman–Crippen MR) is 68.2 cm³/mol. The molecule has 0 N–H and O–H groups in total. The fourth-order valence-corrected chi connectivity index (χ4v) is 2.00. The van der Waals surface area contributed by atoms with Gasteiger partial charge in [0.1, 0.15) is 0 Å².